The molecule has 28 heavy (non-hydrogen) atoms. The molecule has 3 aromatic rings. The molecule has 0 aliphatic carbocycles. The highest BCUT2D eigenvalue weighted by atomic mass is 32.2. The minimum absolute atomic E-state index is 0.240. The van der Waals surface area contributed by atoms with E-state index in [1.54, 1.807) is 7.05 Å². The number of aryl methyl sites for hydroxylation is 1. The van der Waals surface area contributed by atoms with E-state index < -0.39 is 0 Å². The first kappa shape index (κ1) is 20.2. The van der Waals surface area contributed by atoms with E-state index in [2.05, 4.69) is 23.0 Å². The zero-order valence-corrected chi connectivity index (χ0v) is 16.9. The fraction of sp³-hybridized carbons (Fsp3) is 0.333. The molecule has 0 amide bonds. The number of rotatable bonds is 9. The average molecular weight is 397 g/mol. The monoisotopic (exact) mass is 396 g/mol. The summed E-state index contributed by atoms with van der Waals surface area (Å²) in [4.78, 5) is 11.6. The molecule has 0 bridgehead atoms. The molecular formula is C21H24N4O2S. The lowest BCUT2D eigenvalue weighted by Crippen LogP contribution is -2.26. The Kier molecular flexibility index (Phi) is 6.93. The van der Waals surface area contributed by atoms with Crippen molar-refractivity contribution in [3.05, 3.63) is 58.6 Å². The van der Waals surface area contributed by atoms with E-state index in [0.29, 0.717) is 12.0 Å². The Morgan fingerprint density at radius 1 is 1.21 bits per heavy atom. The number of hydrogen-bond donors (Lipinski definition) is 2. The molecule has 146 valence electrons. The van der Waals surface area contributed by atoms with E-state index in [0.717, 1.165) is 41.0 Å². The second-order valence-corrected chi connectivity index (χ2v) is 7.41. The van der Waals surface area contributed by atoms with Crippen molar-refractivity contribution < 1.29 is 4.42 Å². The van der Waals surface area contributed by atoms with Gasteiger partial charge in [-0.2, -0.15) is 5.26 Å². The molecule has 1 unspecified atom stereocenters. The largest absolute Gasteiger partial charge is 0.419 e. The van der Waals surface area contributed by atoms with Crippen molar-refractivity contribution >= 4 is 23.0 Å². The van der Waals surface area contributed by atoms with Crippen LogP contribution in [0.3, 0.4) is 0 Å². The van der Waals surface area contributed by atoms with Gasteiger partial charge < -0.3 is 9.73 Å². The Balaban J connectivity index is 1.65. The van der Waals surface area contributed by atoms with Crippen LogP contribution in [0.2, 0.25) is 0 Å². The van der Waals surface area contributed by atoms with Gasteiger partial charge in [0, 0.05) is 13.5 Å². The molecule has 3 rings (SSSR count). The molecule has 0 aliphatic rings. The zero-order chi connectivity index (χ0) is 19.9. The molecule has 1 heterocycles. The molecule has 0 fully saturated rings. The molecule has 1 aromatic heterocycles. The van der Waals surface area contributed by atoms with E-state index in [-0.39, 0.29) is 11.8 Å². The maximum Gasteiger partial charge on any atom is 0.419 e. The van der Waals surface area contributed by atoms with Crippen LogP contribution in [0.1, 0.15) is 18.9 Å². The quantitative estimate of drug-likeness (QED) is 0.328. The Morgan fingerprint density at radius 3 is 2.68 bits per heavy atom. The Labute approximate surface area is 168 Å². The lowest BCUT2D eigenvalue weighted by atomic mass is 10.0. The molecule has 2 aromatic carbocycles. The molecule has 7 heteroatoms. The normalized spacial score (nSPS) is 12.2. The number of oxazole rings is 1. The van der Waals surface area contributed by atoms with Gasteiger partial charge in [-0.05, 0) is 41.8 Å². The van der Waals surface area contributed by atoms with Crippen LogP contribution in [0.5, 0.6) is 0 Å². The van der Waals surface area contributed by atoms with Gasteiger partial charge in [-0.15, -0.1) is 0 Å². The van der Waals surface area contributed by atoms with Crippen LogP contribution < -0.4 is 15.8 Å². The topological polar surface area (TPSA) is 83.0 Å². The van der Waals surface area contributed by atoms with Crippen LogP contribution in [-0.2, 0) is 13.5 Å². The smallest absolute Gasteiger partial charge is 0.408 e. The van der Waals surface area contributed by atoms with Gasteiger partial charge in [-0.1, -0.05) is 49.2 Å². The molecule has 0 saturated heterocycles. The summed E-state index contributed by atoms with van der Waals surface area (Å²) in [6.07, 6.45) is 1.74. The van der Waals surface area contributed by atoms with Crippen molar-refractivity contribution in [2.75, 3.05) is 12.4 Å². The van der Waals surface area contributed by atoms with Gasteiger partial charge in [0.25, 0.3) is 0 Å². The number of benzene rings is 2. The lowest BCUT2D eigenvalue weighted by molar-refractivity contribution is 0.528. The molecule has 0 spiro atoms. The fourth-order valence-corrected chi connectivity index (χ4v) is 3.60. The summed E-state index contributed by atoms with van der Waals surface area (Å²) in [6, 6.07) is 16.0. The van der Waals surface area contributed by atoms with E-state index in [1.165, 1.54) is 16.5 Å². The van der Waals surface area contributed by atoms with Crippen molar-refractivity contribution in [1.82, 2.24) is 14.6 Å². The fourth-order valence-electron chi connectivity index (χ4n) is 2.93. The van der Waals surface area contributed by atoms with E-state index in [1.807, 2.05) is 42.5 Å². The van der Waals surface area contributed by atoms with Gasteiger partial charge in [0.05, 0.1) is 17.5 Å². The average Bonchev–Trinajstić information content (AvgIpc) is 3.01. The zero-order valence-electron chi connectivity index (χ0n) is 16.1. The third kappa shape index (κ3) is 4.84. The van der Waals surface area contributed by atoms with Gasteiger partial charge in [0.1, 0.15) is 6.04 Å². The second-order valence-electron chi connectivity index (χ2n) is 6.60. The van der Waals surface area contributed by atoms with Crippen LogP contribution in [0, 0.1) is 11.3 Å². The summed E-state index contributed by atoms with van der Waals surface area (Å²) >= 11 is 1.53. The van der Waals surface area contributed by atoms with Crippen LogP contribution in [-0.4, -0.2) is 23.0 Å². The number of fused-ring (bicyclic) bond motifs is 1. The third-order valence-corrected chi connectivity index (χ3v) is 5.30. The molecule has 0 saturated carbocycles. The first-order valence-electron chi connectivity index (χ1n) is 9.29. The Morgan fingerprint density at radius 2 is 1.96 bits per heavy atom. The number of hydrogen-bond acceptors (Lipinski definition) is 6. The van der Waals surface area contributed by atoms with Crippen molar-refractivity contribution in [3.63, 3.8) is 0 Å². The summed E-state index contributed by atoms with van der Waals surface area (Å²) in [5.41, 5.74) is 4.53. The maximum atomic E-state index is 11.6. The van der Waals surface area contributed by atoms with Gasteiger partial charge in [0.15, 0.2) is 5.58 Å². The first-order chi connectivity index (χ1) is 13.6. The molecule has 6 nitrogen and oxygen atoms in total. The van der Waals surface area contributed by atoms with Crippen molar-refractivity contribution in [2.45, 2.75) is 25.8 Å². The number of nitrogens with one attached hydrogen (secondary N) is 2. The lowest BCUT2D eigenvalue weighted by Gasteiger charge is -2.12. The predicted molar refractivity (Wildman–Crippen MR) is 114 cm³/mol. The van der Waals surface area contributed by atoms with Gasteiger partial charge >= 0.3 is 5.76 Å². The van der Waals surface area contributed by atoms with Crippen molar-refractivity contribution in [3.8, 4) is 17.2 Å². The van der Waals surface area contributed by atoms with Gasteiger partial charge in [0.2, 0.25) is 0 Å². The van der Waals surface area contributed by atoms with Gasteiger partial charge in [-0.3, -0.25) is 4.57 Å². The summed E-state index contributed by atoms with van der Waals surface area (Å²) in [6.45, 7) is 3.10. The molecule has 0 radical (unpaired) electrons. The first-order valence-corrected chi connectivity index (χ1v) is 10.3. The van der Waals surface area contributed by atoms with Crippen molar-refractivity contribution in [1.29, 1.82) is 5.26 Å². The van der Waals surface area contributed by atoms with Crippen LogP contribution >= 0.6 is 11.9 Å². The second kappa shape index (κ2) is 9.60. The number of aromatic nitrogens is 1. The molecular weight excluding hydrogens is 372 g/mol. The summed E-state index contributed by atoms with van der Waals surface area (Å²) in [5.74, 6) is 0.421. The highest BCUT2D eigenvalue weighted by Gasteiger charge is 2.10. The highest BCUT2D eigenvalue weighted by molar-refractivity contribution is 7.97. The Hall–Kier alpha value is -2.53. The van der Waals surface area contributed by atoms with Crippen LogP contribution in [0.4, 0.5) is 0 Å². The van der Waals surface area contributed by atoms with Crippen LogP contribution in [0.15, 0.2) is 51.7 Å². The predicted octanol–water partition coefficient (Wildman–Crippen LogP) is 3.43. The Bertz CT molecular complexity index is 1020. The number of nitriles is 1. The standard InChI is InChI=1S/C21H24N4O2S/c1-3-10-23-14-28-24-18(13-22)11-15-4-6-16(7-5-15)17-8-9-20-19(12-17)25(2)21(26)27-20/h4-9,12,18,23-24H,3,10-11,14H2,1-2H3. The molecule has 2 N–H and O–H groups in total. The summed E-state index contributed by atoms with van der Waals surface area (Å²) in [7, 11) is 1.70. The van der Waals surface area contributed by atoms with E-state index >= 15 is 0 Å². The third-order valence-electron chi connectivity index (χ3n) is 4.50. The number of nitrogens with zero attached hydrogens (tertiary/aromatic N) is 2. The van der Waals surface area contributed by atoms with E-state index in [4.69, 9.17) is 4.42 Å². The minimum atomic E-state index is -0.361. The summed E-state index contributed by atoms with van der Waals surface area (Å²) < 4.78 is 9.89. The summed E-state index contributed by atoms with van der Waals surface area (Å²) in [5, 5.41) is 12.7. The van der Waals surface area contributed by atoms with E-state index in [9.17, 15) is 10.1 Å². The SMILES string of the molecule is CCCNCSNC(C#N)Cc1ccc(-c2ccc3oc(=O)n(C)c3c2)cc1. The molecule has 0 aliphatic heterocycles. The van der Waals surface area contributed by atoms with Crippen molar-refractivity contribution in [2.24, 2.45) is 7.05 Å². The minimum Gasteiger partial charge on any atom is -0.408 e. The van der Waals surface area contributed by atoms with Crippen LogP contribution in [0.25, 0.3) is 22.2 Å². The maximum absolute atomic E-state index is 11.6. The molecule has 1 atom stereocenters. The van der Waals surface area contributed by atoms with Gasteiger partial charge in [-0.25, -0.2) is 9.52 Å². The highest BCUT2D eigenvalue weighted by Crippen LogP contribution is 2.24.